The number of benzene rings is 1. The molecule has 174 valence electrons. The molecule has 0 radical (unpaired) electrons. The first kappa shape index (κ1) is 24.0. The predicted octanol–water partition coefficient (Wildman–Crippen LogP) is 1.57. The summed E-state index contributed by atoms with van der Waals surface area (Å²) < 4.78 is 38.1. The van der Waals surface area contributed by atoms with Gasteiger partial charge in [0.25, 0.3) is 0 Å². The van der Waals surface area contributed by atoms with E-state index in [1.807, 2.05) is 0 Å². The van der Waals surface area contributed by atoms with Gasteiger partial charge in [-0.15, -0.1) is 0 Å². The molecule has 1 aromatic rings. The summed E-state index contributed by atoms with van der Waals surface area (Å²) in [6, 6.07) is 6.50. The Kier molecular flexibility index (Phi) is 8.71. The van der Waals surface area contributed by atoms with E-state index in [-0.39, 0.29) is 22.6 Å². The Morgan fingerprint density at radius 3 is 2.52 bits per heavy atom. The molecule has 2 heterocycles. The lowest BCUT2D eigenvalue weighted by molar-refractivity contribution is -0.122. The maximum Gasteiger partial charge on any atom is 0.243 e. The third kappa shape index (κ3) is 6.41. The van der Waals surface area contributed by atoms with Crippen molar-refractivity contribution in [3.05, 3.63) is 24.3 Å². The number of rotatable bonds is 9. The number of hydrogen-bond donors (Lipinski definition) is 1. The van der Waals surface area contributed by atoms with E-state index >= 15 is 0 Å². The van der Waals surface area contributed by atoms with Crippen molar-refractivity contribution in [1.29, 1.82) is 0 Å². The van der Waals surface area contributed by atoms with Crippen molar-refractivity contribution in [2.24, 2.45) is 11.8 Å². The van der Waals surface area contributed by atoms with Crippen molar-refractivity contribution in [3.8, 4) is 5.75 Å². The molecule has 0 saturated carbocycles. The molecule has 3 rings (SSSR count). The summed E-state index contributed by atoms with van der Waals surface area (Å²) >= 11 is 0. The van der Waals surface area contributed by atoms with Crippen LogP contribution in [0.2, 0.25) is 0 Å². The van der Waals surface area contributed by atoms with E-state index in [0.29, 0.717) is 38.2 Å². The highest BCUT2D eigenvalue weighted by molar-refractivity contribution is 7.89. The molecular formula is C22H35N3O5S. The van der Waals surface area contributed by atoms with Gasteiger partial charge in [-0.25, -0.2) is 8.42 Å². The summed E-state index contributed by atoms with van der Waals surface area (Å²) in [7, 11) is -1.99. The number of morpholine rings is 1. The number of methoxy groups -OCH3 is 1. The molecule has 2 aliphatic heterocycles. The standard InChI is InChI=1S/C22H35N3O5S/c1-3-18-17-25(31(27,28)21-6-4-20(29-2)5-7-21)10-8-19(18)16-22(26)23-9-11-24-12-14-30-15-13-24/h4-7,18-19H,3,8-17H2,1-2H3,(H,23,26)/t18-,19-/m0/s1. The second-order valence-corrected chi connectivity index (χ2v) is 10.2. The number of nitrogens with zero attached hydrogens (tertiary/aromatic N) is 2. The average Bonchev–Trinajstić information content (AvgIpc) is 2.80. The molecule has 0 spiro atoms. The van der Waals surface area contributed by atoms with Gasteiger partial charge in [0.15, 0.2) is 0 Å². The summed E-state index contributed by atoms with van der Waals surface area (Å²) in [5.74, 6) is 1.06. The Balaban J connectivity index is 1.50. The molecule has 0 bridgehead atoms. The normalized spacial score (nSPS) is 23.4. The summed E-state index contributed by atoms with van der Waals surface area (Å²) in [5.41, 5.74) is 0. The van der Waals surface area contributed by atoms with Gasteiger partial charge in [0, 0.05) is 45.7 Å². The number of nitrogens with one attached hydrogen (secondary N) is 1. The monoisotopic (exact) mass is 453 g/mol. The van der Waals surface area contributed by atoms with Crippen molar-refractivity contribution < 1.29 is 22.7 Å². The summed E-state index contributed by atoms with van der Waals surface area (Å²) in [4.78, 5) is 15.0. The fraction of sp³-hybridized carbons (Fsp3) is 0.682. The van der Waals surface area contributed by atoms with Gasteiger partial charge in [-0.3, -0.25) is 9.69 Å². The maximum absolute atomic E-state index is 13.1. The number of piperidine rings is 1. The molecular weight excluding hydrogens is 418 g/mol. The Morgan fingerprint density at radius 1 is 1.16 bits per heavy atom. The van der Waals surface area contributed by atoms with E-state index in [9.17, 15) is 13.2 Å². The number of amides is 1. The average molecular weight is 454 g/mol. The third-order valence-electron chi connectivity index (χ3n) is 6.38. The highest BCUT2D eigenvalue weighted by atomic mass is 32.2. The predicted molar refractivity (Wildman–Crippen MR) is 119 cm³/mol. The van der Waals surface area contributed by atoms with E-state index in [1.165, 1.54) is 0 Å². The first-order valence-electron chi connectivity index (χ1n) is 11.1. The van der Waals surface area contributed by atoms with Crippen LogP contribution in [0.5, 0.6) is 5.75 Å². The van der Waals surface area contributed by atoms with Crippen molar-refractivity contribution in [3.63, 3.8) is 0 Å². The van der Waals surface area contributed by atoms with Crippen LogP contribution in [0.1, 0.15) is 26.2 Å². The second-order valence-electron chi connectivity index (χ2n) is 8.26. The quantitative estimate of drug-likeness (QED) is 0.611. The molecule has 8 nitrogen and oxygen atoms in total. The minimum Gasteiger partial charge on any atom is -0.497 e. The highest BCUT2D eigenvalue weighted by Crippen LogP contribution is 2.32. The van der Waals surface area contributed by atoms with Crippen LogP contribution in [0.25, 0.3) is 0 Å². The van der Waals surface area contributed by atoms with Crippen LogP contribution in [0.15, 0.2) is 29.2 Å². The molecule has 2 atom stereocenters. The van der Waals surface area contributed by atoms with Crippen molar-refractivity contribution in [1.82, 2.24) is 14.5 Å². The van der Waals surface area contributed by atoms with E-state index < -0.39 is 10.0 Å². The van der Waals surface area contributed by atoms with E-state index in [1.54, 1.807) is 35.7 Å². The Morgan fingerprint density at radius 2 is 1.87 bits per heavy atom. The van der Waals surface area contributed by atoms with Crippen LogP contribution < -0.4 is 10.1 Å². The summed E-state index contributed by atoms with van der Waals surface area (Å²) in [6.45, 7) is 7.77. The van der Waals surface area contributed by atoms with Crippen molar-refractivity contribution >= 4 is 15.9 Å². The van der Waals surface area contributed by atoms with Gasteiger partial charge in [0.05, 0.1) is 25.2 Å². The molecule has 9 heteroatoms. The molecule has 0 unspecified atom stereocenters. The zero-order valence-electron chi connectivity index (χ0n) is 18.6. The van der Waals surface area contributed by atoms with Crippen LogP contribution >= 0.6 is 0 Å². The molecule has 2 saturated heterocycles. The minimum absolute atomic E-state index is 0.0585. The van der Waals surface area contributed by atoms with Gasteiger partial charge in [0.1, 0.15) is 5.75 Å². The van der Waals surface area contributed by atoms with Crippen LogP contribution in [0.4, 0.5) is 0 Å². The number of ether oxygens (including phenoxy) is 2. The van der Waals surface area contributed by atoms with Crippen LogP contribution in [0, 0.1) is 11.8 Å². The van der Waals surface area contributed by atoms with Gasteiger partial charge in [-0.05, 0) is 42.5 Å². The molecule has 1 aromatic carbocycles. The summed E-state index contributed by atoms with van der Waals surface area (Å²) in [5, 5.41) is 3.03. The largest absolute Gasteiger partial charge is 0.497 e. The first-order chi connectivity index (χ1) is 14.9. The zero-order valence-corrected chi connectivity index (χ0v) is 19.4. The molecule has 1 N–H and O–H groups in total. The Labute approximate surface area is 185 Å². The summed E-state index contributed by atoms with van der Waals surface area (Å²) in [6.07, 6.45) is 2.00. The molecule has 2 aliphatic rings. The number of hydrogen-bond acceptors (Lipinski definition) is 6. The fourth-order valence-electron chi connectivity index (χ4n) is 4.38. The minimum atomic E-state index is -3.55. The topological polar surface area (TPSA) is 88.2 Å². The van der Waals surface area contributed by atoms with Gasteiger partial charge in [-0.1, -0.05) is 13.3 Å². The molecule has 31 heavy (non-hydrogen) atoms. The Bertz CT molecular complexity index is 809. The van der Waals surface area contributed by atoms with E-state index in [4.69, 9.17) is 9.47 Å². The van der Waals surface area contributed by atoms with Gasteiger partial charge in [0.2, 0.25) is 15.9 Å². The smallest absolute Gasteiger partial charge is 0.243 e. The lowest BCUT2D eigenvalue weighted by Gasteiger charge is -2.37. The number of carbonyl (C=O) groups excluding carboxylic acids is 1. The van der Waals surface area contributed by atoms with Gasteiger partial charge < -0.3 is 14.8 Å². The second kappa shape index (κ2) is 11.3. The van der Waals surface area contributed by atoms with E-state index in [0.717, 1.165) is 39.3 Å². The zero-order chi connectivity index (χ0) is 22.3. The molecule has 2 fully saturated rings. The lowest BCUT2D eigenvalue weighted by atomic mass is 9.82. The lowest BCUT2D eigenvalue weighted by Crippen LogP contribution is -2.45. The van der Waals surface area contributed by atoms with Gasteiger partial charge in [-0.2, -0.15) is 4.31 Å². The Hall–Kier alpha value is -1.68. The van der Waals surface area contributed by atoms with Crippen LogP contribution in [-0.4, -0.2) is 83.1 Å². The maximum atomic E-state index is 13.1. The molecule has 1 amide bonds. The SMILES string of the molecule is CC[C@H]1CN(S(=O)(=O)c2ccc(OC)cc2)CC[C@H]1CC(=O)NCCN1CCOCC1. The van der Waals surface area contributed by atoms with Crippen molar-refractivity contribution in [2.45, 2.75) is 31.1 Å². The van der Waals surface area contributed by atoms with E-state index in [2.05, 4.69) is 17.1 Å². The van der Waals surface area contributed by atoms with Crippen LogP contribution in [-0.2, 0) is 19.6 Å². The number of carbonyl (C=O) groups is 1. The van der Waals surface area contributed by atoms with Crippen molar-refractivity contribution in [2.75, 3.05) is 59.6 Å². The van der Waals surface area contributed by atoms with Crippen LogP contribution in [0.3, 0.4) is 0 Å². The van der Waals surface area contributed by atoms with Gasteiger partial charge >= 0.3 is 0 Å². The fourth-order valence-corrected chi connectivity index (χ4v) is 5.89. The third-order valence-corrected chi connectivity index (χ3v) is 8.26. The number of sulfonamides is 1. The molecule has 0 aromatic heterocycles. The molecule has 0 aliphatic carbocycles. The highest BCUT2D eigenvalue weighted by Gasteiger charge is 2.35. The first-order valence-corrected chi connectivity index (χ1v) is 12.6.